The van der Waals surface area contributed by atoms with Gasteiger partial charge in [0.05, 0.1) is 17.8 Å². The number of amides is 4. The SMILES string of the molecule is Cc1ccc(OCc2cccc(NC(=O)[C@H](C)NC(=O)[C@H](C)NC(=O)CCNC(=O)C(CC(F)(F)F)SC(C)C)c2)c(F)c1[C@@H](C)O. The van der Waals surface area contributed by atoms with Crippen LogP contribution in [0.15, 0.2) is 36.4 Å². The number of hydrogen-bond donors (Lipinski definition) is 5. The minimum atomic E-state index is -4.52. The molecule has 1 unspecified atom stereocenters. The van der Waals surface area contributed by atoms with Gasteiger partial charge < -0.3 is 31.1 Å². The zero-order chi connectivity index (χ0) is 35.5. The number of halogens is 4. The van der Waals surface area contributed by atoms with Crippen molar-refractivity contribution in [2.45, 2.75) is 95.9 Å². The molecule has 0 fully saturated rings. The lowest BCUT2D eigenvalue weighted by Crippen LogP contribution is -2.50. The average molecular weight is 687 g/mol. The van der Waals surface area contributed by atoms with Crippen LogP contribution >= 0.6 is 11.8 Å². The summed E-state index contributed by atoms with van der Waals surface area (Å²) in [6.45, 7) is 9.07. The largest absolute Gasteiger partial charge is 0.486 e. The lowest BCUT2D eigenvalue weighted by molar-refractivity contribution is -0.142. The van der Waals surface area contributed by atoms with Crippen molar-refractivity contribution >= 4 is 41.1 Å². The molecular formula is C32H42F4N4O6S. The van der Waals surface area contributed by atoms with Crippen molar-refractivity contribution in [1.29, 1.82) is 0 Å². The highest BCUT2D eigenvalue weighted by Crippen LogP contribution is 2.31. The van der Waals surface area contributed by atoms with E-state index in [4.69, 9.17) is 4.74 Å². The van der Waals surface area contributed by atoms with E-state index in [0.29, 0.717) is 16.8 Å². The maximum atomic E-state index is 14.8. The van der Waals surface area contributed by atoms with E-state index >= 15 is 0 Å². The van der Waals surface area contributed by atoms with Gasteiger partial charge in [-0.3, -0.25) is 19.2 Å². The summed E-state index contributed by atoms with van der Waals surface area (Å²) in [4.78, 5) is 49.9. The fourth-order valence-electron chi connectivity index (χ4n) is 4.38. The number of aryl methyl sites for hydroxylation is 1. The van der Waals surface area contributed by atoms with Gasteiger partial charge in [-0.15, -0.1) is 11.8 Å². The molecule has 0 saturated carbocycles. The summed E-state index contributed by atoms with van der Waals surface area (Å²) in [5, 5.41) is 18.2. The quantitative estimate of drug-likeness (QED) is 0.161. The summed E-state index contributed by atoms with van der Waals surface area (Å²) in [5.41, 5.74) is 1.74. The third kappa shape index (κ3) is 13.4. The van der Waals surface area contributed by atoms with Crippen LogP contribution in [-0.2, 0) is 25.8 Å². The maximum Gasteiger partial charge on any atom is 0.390 e. The summed E-state index contributed by atoms with van der Waals surface area (Å²) in [7, 11) is 0. The number of rotatable bonds is 16. The van der Waals surface area contributed by atoms with Crippen molar-refractivity contribution in [3.8, 4) is 5.75 Å². The summed E-state index contributed by atoms with van der Waals surface area (Å²) < 4.78 is 58.9. The van der Waals surface area contributed by atoms with Gasteiger partial charge in [-0.1, -0.05) is 32.0 Å². The second-order valence-corrected chi connectivity index (χ2v) is 13.1. The lowest BCUT2D eigenvalue weighted by atomic mass is 10.0. The van der Waals surface area contributed by atoms with Crippen LogP contribution in [0.3, 0.4) is 0 Å². The Balaban J connectivity index is 1.84. The molecule has 2 aromatic rings. The molecule has 5 N–H and O–H groups in total. The van der Waals surface area contributed by atoms with Gasteiger partial charge in [-0.05, 0) is 62.3 Å². The number of aliphatic hydroxyl groups is 1. The van der Waals surface area contributed by atoms with Crippen molar-refractivity contribution in [2.24, 2.45) is 0 Å². The molecule has 0 bridgehead atoms. The monoisotopic (exact) mass is 686 g/mol. The van der Waals surface area contributed by atoms with Crippen LogP contribution in [0.4, 0.5) is 23.2 Å². The number of carbonyl (C=O) groups excluding carboxylic acids is 4. The molecule has 2 rings (SSSR count). The minimum Gasteiger partial charge on any atom is -0.486 e. The van der Waals surface area contributed by atoms with Crippen molar-refractivity contribution in [1.82, 2.24) is 16.0 Å². The Bertz CT molecular complexity index is 1410. The van der Waals surface area contributed by atoms with Crippen molar-refractivity contribution < 1.29 is 46.6 Å². The first-order valence-corrected chi connectivity index (χ1v) is 15.9. The first kappa shape index (κ1) is 39.3. The second-order valence-electron chi connectivity index (χ2n) is 11.3. The van der Waals surface area contributed by atoms with E-state index in [9.17, 15) is 41.8 Å². The van der Waals surface area contributed by atoms with Crippen LogP contribution in [0.5, 0.6) is 5.75 Å². The van der Waals surface area contributed by atoms with Crippen molar-refractivity contribution in [3.05, 3.63) is 58.9 Å². The predicted octanol–water partition coefficient (Wildman–Crippen LogP) is 4.68. The van der Waals surface area contributed by atoms with Crippen LogP contribution in [0, 0.1) is 12.7 Å². The standard InChI is InChI=1S/C32H42F4N4O6S/c1-17(2)47-25(15-32(34,35)36)31(45)37-13-12-26(42)38-19(4)29(43)39-20(5)30(44)40-23-9-7-8-22(14-23)16-46-24-11-10-18(3)27(21(6)41)28(24)33/h7-11,14,17,19-21,25,41H,12-13,15-16H2,1-6H3,(H,37,45)(H,38,42)(H,39,43)(H,40,44)/t19-,20-,21+,25?/m0/s1. The molecule has 4 amide bonds. The Kier molecular flexibility index (Phi) is 15.0. The molecule has 4 atom stereocenters. The van der Waals surface area contributed by atoms with E-state index < -0.39 is 65.5 Å². The van der Waals surface area contributed by atoms with Crippen LogP contribution in [0.2, 0.25) is 0 Å². The highest BCUT2D eigenvalue weighted by Gasteiger charge is 2.36. The molecule has 0 radical (unpaired) electrons. The molecule has 0 heterocycles. The highest BCUT2D eigenvalue weighted by atomic mass is 32.2. The summed E-state index contributed by atoms with van der Waals surface area (Å²) in [6.07, 6.45) is -7.10. The van der Waals surface area contributed by atoms with E-state index in [0.717, 1.165) is 11.8 Å². The number of nitrogens with one attached hydrogen (secondary N) is 4. The fourth-order valence-corrected chi connectivity index (χ4v) is 5.53. The van der Waals surface area contributed by atoms with Crippen LogP contribution in [0.1, 0.15) is 70.3 Å². The molecule has 0 saturated heterocycles. The molecule has 0 aliphatic carbocycles. The van der Waals surface area contributed by atoms with E-state index in [1.165, 1.54) is 26.8 Å². The van der Waals surface area contributed by atoms with Crippen molar-refractivity contribution in [3.63, 3.8) is 0 Å². The Morgan fingerprint density at radius 3 is 2.21 bits per heavy atom. The number of anilines is 1. The minimum absolute atomic E-state index is 0.0266. The molecule has 0 spiro atoms. The number of carbonyl (C=O) groups is 4. The fraction of sp³-hybridized carbons (Fsp3) is 0.500. The number of aliphatic hydroxyl groups excluding tert-OH is 1. The first-order valence-electron chi connectivity index (χ1n) is 15.0. The molecule has 0 aliphatic rings. The van der Waals surface area contributed by atoms with Crippen LogP contribution in [0.25, 0.3) is 0 Å². The summed E-state index contributed by atoms with van der Waals surface area (Å²) >= 11 is 0.877. The Morgan fingerprint density at radius 1 is 0.936 bits per heavy atom. The average Bonchev–Trinajstić information content (AvgIpc) is 2.95. The van der Waals surface area contributed by atoms with Crippen LogP contribution < -0.4 is 26.0 Å². The normalized spacial score (nSPS) is 14.0. The van der Waals surface area contributed by atoms with Gasteiger partial charge in [0.2, 0.25) is 23.6 Å². The Hall–Kier alpha value is -3.85. The number of benzene rings is 2. The zero-order valence-electron chi connectivity index (χ0n) is 27.1. The van der Waals surface area contributed by atoms with Gasteiger partial charge in [0.25, 0.3) is 0 Å². The summed E-state index contributed by atoms with van der Waals surface area (Å²) in [6, 6.07) is 7.65. The van der Waals surface area contributed by atoms with Gasteiger partial charge in [-0.25, -0.2) is 4.39 Å². The van der Waals surface area contributed by atoms with Gasteiger partial charge in [0, 0.05) is 24.2 Å². The number of thioether (sulfide) groups is 1. The molecule has 10 nitrogen and oxygen atoms in total. The molecule has 260 valence electrons. The third-order valence-corrected chi connectivity index (χ3v) is 7.94. The topological polar surface area (TPSA) is 146 Å². The predicted molar refractivity (Wildman–Crippen MR) is 171 cm³/mol. The zero-order valence-corrected chi connectivity index (χ0v) is 27.9. The maximum absolute atomic E-state index is 14.8. The van der Waals surface area contributed by atoms with Gasteiger partial charge in [0.1, 0.15) is 18.7 Å². The molecular weight excluding hydrogens is 644 g/mol. The summed E-state index contributed by atoms with van der Waals surface area (Å²) in [5.74, 6) is -3.36. The number of hydrogen-bond acceptors (Lipinski definition) is 7. The molecule has 0 aliphatic heterocycles. The Labute approximate surface area is 275 Å². The van der Waals surface area contributed by atoms with E-state index in [-0.39, 0.29) is 36.1 Å². The second kappa shape index (κ2) is 17.9. The number of ether oxygens (including phenoxy) is 1. The van der Waals surface area contributed by atoms with Crippen LogP contribution in [-0.4, -0.2) is 64.0 Å². The van der Waals surface area contributed by atoms with Crippen molar-refractivity contribution in [2.75, 3.05) is 11.9 Å². The smallest absolute Gasteiger partial charge is 0.390 e. The molecule has 2 aromatic carbocycles. The molecule has 15 heteroatoms. The van der Waals surface area contributed by atoms with Gasteiger partial charge in [-0.2, -0.15) is 13.2 Å². The third-order valence-electron chi connectivity index (χ3n) is 6.69. The first-order chi connectivity index (χ1) is 21.9. The van der Waals surface area contributed by atoms with Gasteiger partial charge in [0.15, 0.2) is 11.6 Å². The van der Waals surface area contributed by atoms with E-state index in [2.05, 4.69) is 21.3 Å². The highest BCUT2D eigenvalue weighted by molar-refractivity contribution is 8.01. The lowest BCUT2D eigenvalue weighted by Gasteiger charge is -2.20. The Morgan fingerprint density at radius 2 is 1.60 bits per heavy atom. The van der Waals surface area contributed by atoms with Gasteiger partial charge >= 0.3 is 6.18 Å². The molecule has 0 aromatic heterocycles. The number of alkyl halides is 3. The van der Waals surface area contributed by atoms with E-state index in [1.807, 2.05) is 0 Å². The van der Waals surface area contributed by atoms with E-state index in [1.54, 1.807) is 51.1 Å². The molecule has 47 heavy (non-hydrogen) atoms.